The highest BCUT2D eigenvalue weighted by Gasteiger charge is 2.16. The Balaban J connectivity index is 2.09. The first-order valence-electron chi connectivity index (χ1n) is 5.64. The van der Waals surface area contributed by atoms with Gasteiger partial charge in [-0.25, -0.2) is 4.39 Å². The summed E-state index contributed by atoms with van der Waals surface area (Å²) in [5.74, 6) is -1.48. The van der Waals surface area contributed by atoms with E-state index in [4.69, 9.17) is 11.6 Å². The van der Waals surface area contributed by atoms with Crippen LogP contribution >= 0.6 is 11.6 Å². The van der Waals surface area contributed by atoms with Crippen LogP contribution in [0, 0.1) is 5.82 Å². The zero-order chi connectivity index (χ0) is 13.8. The molecule has 96 valence electrons. The molecular weight excluding hydrogens is 267 g/mol. The van der Waals surface area contributed by atoms with Crippen molar-refractivity contribution in [3.8, 4) is 0 Å². The summed E-state index contributed by atoms with van der Waals surface area (Å²) in [6, 6.07) is 11.6. The van der Waals surface area contributed by atoms with E-state index >= 15 is 0 Å². The van der Waals surface area contributed by atoms with Gasteiger partial charge in [0.25, 0.3) is 0 Å². The van der Waals surface area contributed by atoms with Crippen molar-refractivity contribution in [1.82, 2.24) is 0 Å². The molecule has 0 saturated carbocycles. The molecule has 0 aliphatic heterocycles. The summed E-state index contributed by atoms with van der Waals surface area (Å²) in [6.07, 6.45) is -0.0399. The van der Waals surface area contributed by atoms with Crippen LogP contribution < -0.4 is 0 Å². The number of carbonyl (C=O) groups excluding carboxylic acids is 2. The minimum Gasteiger partial charge on any atom is -0.290 e. The zero-order valence-corrected chi connectivity index (χ0v) is 10.7. The number of rotatable bonds is 4. The molecule has 2 aromatic rings. The molecule has 2 nitrogen and oxygen atoms in total. The monoisotopic (exact) mass is 276 g/mol. The second-order valence-corrected chi connectivity index (χ2v) is 4.50. The lowest BCUT2D eigenvalue weighted by atomic mass is 10.0. The normalized spacial score (nSPS) is 10.2. The Labute approximate surface area is 114 Å². The Hall–Kier alpha value is -2.00. The molecule has 2 rings (SSSR count). The van der Waals surface area contributed by atoms with Crippen molar-refractivity contribution in [3.63, 3.8) is 0 Å². The van der Waals surface area contributed by atoms with Gasteiger partial charge in [0.05, 0.1) is 0 Å². The molecule has 0 aliphatic carbocycles. The Morgan fingerprint density at radius 1 is 0.947 bits per heavy atom. The predicted molar refractivity (Wildman–Crippen MR) is 70.9 cm³/mol. The molecule has 0 spiro atoms. The Morgan fingerprint density at radius 2 is 1.53 bits per heavy atom. The number of ketones is 2. The molecule has 4 heteroatoms. The molecule has 0 fully saturated rings. The largest absolute Gasteiger partial charge is 0.290 e. The van der Waals surface area contributed by atoms with Crippen LogP contribution in [0.3, 0.4) is 0 Å². The lowest BCUT2D eigenvalue weighted by Crippen LogP contribution is -2.16. The Morgan fingerprint density at radius 3 is 2.11 bits per heavy atom. The summed E-state index contributed by atoms with van der Waals surface area (Å²) >= 11 is 5.71. The van der Waals surface area contributed by atoms with Crippen molar-refractivity contribution in [2.75, 3.05) is 0 Å². The second kappa shape index (κ2) is 5.76. The molecule has 0 saturated heterocycles. The number of benzene rings is 2. The van der Waals surface area contributed by atoms with Crippen molar-refractivity contribution in [3.05, 3.63) is 70.5 Å². The van der Waals surface area contributed by atoms with E-state index in [1.54, 1.807) is 12.1 Å². The van der Waals surface area contributed by atoms with E-state index in [2.05, 4.69) is 0 Å². The molecule has 2 aromatic carbocycles. The van der Waals surface area contributed by atoms with E-state index in [-0.39, 0.29) is 12.2 Å². The van der Waals surface area contributed by atoms with Gasteiger partial charge in [0, 0.05) is 17.0 Å². The lowest BCUT2D eigenvalue weighted by molar-refractivity contribution is -0.114. The molecule has 0 N–H and O–H groups in total. The van der Waals surface area contributed by atoms with Crippen molar-refractivity contribution in [2.24, 2.45) is 0 Å². The van der Waals surface area contributed by atoms with Crippen LogP contribution in [0.1, 0.15) is 15.9 Å². The van der Waals surface area contributed by atoms with Crippen LogP contribution in [0.5, 0.6) is 0 Å². The minimum absolute atomic E-state index is 0.0399. The highest BCUT2D eigenvalue weighted by molar-refractivity contribution is 6.44. The van der Waals surface area contributed by atoms with E-state index in [9.17, 15) is 14.0 Å². The van der Waals surface area contributed by atoms with Gasteiger partial charge in [-0.3, -0.25) is 9.59 Å². The van der Waals surface area contributed by atoms with Gasteiger partial charge in [-0.15, -0.1) is 0 Å². The molecule has 0 atom stereocenters. The summed E-state index contributed by atoms with van der Waals surface area (Å²) in [6.45, 7) is 0. The average Bonchev–Trinajstić information content (AvgIpc) is 2.41. The third kappa shape index (κ3) is 3.48. The first kappa shape index (κ1) is 13.4. The van der Waals surface area contributed by atoms with E-state index in [0.717, 1.165) is 0 Å². The van der Waals surface area contributed by atoms with Crippen LogP contribution in [0.4, 0.5) is 4.39 Å². The van der Waals surface area contributed by atoms with Gasteiger partial charge in [0.2, 0.25) is 11.6 Å². The fourth-order valence-corrected chi connectivity index (χ4v) is 1.76. The van der Waals surface area contributed by atoms with E-state index in [0.29, 0.717) is 16.1 Å². The molecule has 0 radical (unpaired) electrons. The van der Waals surface area contributed by atoms with Crippen LogP contribution in [-0.2, 0) is 11.2 Å². The van der Waals surface area contributed by atoms with Crippen LogP contribution in [0.2, 0.25) is 5.02 Å². The molecular formula is C15H10ClFO2. The van der Waals surface area contributed by atoms with Gasteiger partial charge in [-0.2, -0.15) is 0 Å². The highest BCUT2D eigenvalue weighted by Crippen LogP contribution is 2.12. The third-order valence-electron chi connectivity index (χ3n) is 2.64. The minimum atomic E-state index is -0.569. The van der Waals surface area contributed by atoms with Crippen molar-refractivity contribution >= 4 is 23.2 Å². The molecule has 0 aromatic heterocycles. The molecule has 0 unspecified atom stereocenters. The Kier molecular flexibility index (Phi) is 4.07. The first-order chi connectivity index (χ1) is 9.06. The maximum Gasteiger partial charge on any atom is 0.228 e. The van der Waals surface area contributed by atoms with Crippen LogP contribution in [-0.4, -0.2) is 11.6 Å². The van der Waals surface area contributed by atoms with Gasteiger partial charge in [-0.05, 0) is 42.0 Å². The summed E-state index contributed by atoms with van der Waals surface area (Å²) in [5.41, 5.74) is 0.908. The fourth-order valence-electron chi connectivity index (χ4n) is 1.63. The topological polar surface area (TPSA) is 34.1 Å². The van der Waals surface area contributed by atoms with Gasteiger partial charge in [-0.1, -0.05) is 23.7 Å². The number of hydrogen-bond donors (Lipinski definition) is 0. The van der Waals surface area contributed by atoms with Crippen molar-refractivity contribution in [1.29, 1.82) is 0 Å². The first-order valence-corrected chi connectivity index (χ1v) is 6.01. The summed E-state index contributed by atoms with van der Waals surface area (Å²) in [5, 5.41) is 0.502. The Bertz CT molecular complexity index is 603. The molecule has 0 aliphatic rings. The summed E-state index contributed by atoms with van der Waals surface area (Å²) < 4.78 is 12.7. The molecule has 0 heterocycles. The zero-order valence-electron chi connectivity index (χ0n) is 9.90. The lowest BCUT2D eigenvalue weighted by Gasteiger charge is -2.01. The van der Waals surface area contributed by atoms with Gasteiger partial charge < -0.3 is 0 Å². The number of carbonyl (C=O) groups is 2. The standard InChI is InChI=1S/C15H10ClFO2/c16-12-5-3-11(4-6-12)15(19)14(18)9-10-1-7-13(17)8-2-10/h1-8H,9H2. The van der Waals surface area contributed by atoms with Crippen molar-refractivity contribution in [2.45, 2.75) is 6.42 Å². The quantitative estimate of drug-likeness (QED) is 0.633. The summed E-state index contributed by atoms with van der Waals surface area (Å²) in [4.78, 5) is 23.7. The van der Waals surface area contributed by atoms with Gasteiger partial charge in [0.1, 0.15) is 5.82 Å². The van der Waals surface area contributed by atoms with Crippen LogP contribution in [0.15, 0.2) is 48.5 Å². The van der Waals surface area contributed by atoms with Gasteiger partial charge >= 0.3 is 0 Å². The third-order valence-corrected chi connectivity index (χ3v) is 2.89. The average molecular weight is 277 g/mol. The van der Waals surface area contributed by atoms with E-state index in [1.165, 1.54) is 36.4 Å². The summed E-state index contributed by atoms with van der Waals surface area (Å²) in [7, 11) is 0. The van der Waals surface area contributed by atoms with E-state index < -0.39 is 11.6 Å². The second-order valence-electron chi connectivity index (χ2n) is 4.06. The SMILES string of the molecule is O=C(Cc1ccc(F)cc1)C(=O)c1ccc(Cl)cc1. The molecule has 0 bridgehead atoms. The maximum absolute atomic E-state index is 12.7. The van der Waals surface area contributed by atoms with Gasteiger partial charge in [0.15, 0.2) is 0 Å². The highest BCUT2D eigenvalue weighted by atomic mass is 35.5. The molecule has 19 heavy (non-hydrogen) atoms. The maximum atomic E-state index is 12.7. The fraction of sp³-hybridized carbons (Fsp3) is 0.0667. The van der Waals surface area contributed by atoms with E-state index in [1.807, 2.05) is 0 Å². The molecule has 0 amide bonds. The predicted octanol–water partition coefficient (Wildman–Crippen LogP) is 3.47. The number of halogens is 2. The number of Topliss-reactive ketones (excluding diaryl/α,β-unsaturated/α-hetero) is 2. The van der Waals surface area contributed by atoms with Crippen LogP contribution in [0.25, 0.3) is 0 Å². The number of hydrogen-bond acceptors (Lipinski definition) is 2. The smallest absolute Gasteiger partial charge is 0.228 e. The van der Waals surface area contributed by atoms with Crippen molar-refractivity contribution < 1.29 is 14.0 Å².